The number of benzene rings is 1. The molecule has 118 valence electrons. The van der Waals surface area contributed by atoms with Crippen molar-refractivity contribution in [1.82, 2.24) is 9.80 Å². The Morgan fingerprint density at radius 3 is 2.59 bits per heavy atom. The van der Waals surface area contributed by atoms with Gasteiger partial charge in [-0.2, -0.15) is 0 Å². The fourth-order valence-corrected chi connectivity index (χ4v) is 2.75. The van der Waals surface area contributed by atoms with Crippen LogP contribution in [0.5, 0.6) is 0 Å². The van der Waals surface area contributed by atoms with Gasteiger partial charge in [0, 0.05) is 31.0 Å². The van der Waals surface area contributed by atoms with E-state index in [0.29, 0.717) is 17.7 Å². The van der Waals surface area contributed by atoms with E-state index >= 15 is 0 Å². The predicted molar refractivity (Wildman–Crippen MR) is 86.7 cm³/mol. The predicted octanol–water partition coefficient (Wildman–Crippen LogP) is 2.69. The Morgan fingerprint density at radius 1 is 1.23 bits per heavy atom. The van der Waals surface area contributed by atoms with Crippen molar-refractivity contribution in [2.24, 2.45) is 0 Å². The number of hydrogen-bond acceptors (Lipinski definition) is 3. The molecule has 1 aliphatic rings. The van der Waals surface area contributed by atoms with Crippen molar-refractivity contribution in [3.05, 3.63) is 33.8 Å². The van der Waals surface area contributed by atoms with E-state index in [9.17, 15) is 14.4 Å². The van der Waals surface area contributed by atoms with Gasteiger partial charge in [-0.25, -0.2) is 0 Å². The fourth-order valence-electron chi connectivity index (χ4n) is 2.38. The number of carbonyl (C=O) groups is 3. The summed E-state index contributed by atoms with van der Waals surface area (Å²) in [5.74, 6) is -0.701. The molecular weight excluding hydrogens is 348 g/mol. The molecule has 0 atom stereocenters. The Labute approximate surface area is 138 Å². The van der Waals surface area contributed by atoms with E-state index in [-0.39, 0.29) is 30.7 Å². The molecular formula is C16H19BrN2O3. The van der Waals surface area contributed by atoms with Crippen LogP contribution in [0.4, 0.5) is 0 Å². The highest BCUT2D eigenvalue weighted by Gasteiger charge is 2.35. The molecule has 0 fully saturated rings. The summed E-state index contributed by atoms with van der Waals surface area (Å²) in [7, 11) is 1.75. The van der Waals surface area contributed by atoms with Gasteiger partial charge in [-0.3, -0.25) is 19.3 Å². The minimum atomic E-state index is -0.328. The summed E-state index contributed by atoms with van der Waals surface area (Å²) in [5, 5.41) is 0. The van der Waals surface area contributed by atoms with Gasteiger partial charge in [0.15, 0.2) is 0 Å². The molecule has 22 heavy (non-hydrogen) atoms. The second-order valence-corrected chi connectivity index (χ2v) is 6.29. The van der Waals surface area contributed by atoms with Gasteiger partial charge in [0.25, 0.3) is 11.8 Å². The summed E-state index contributed by atoms with van der Waals surface area (Å²) in [6, 6.07) is 5.01. The zero-order chi connectivity index (χ0) is 16.3. The number of nitrogens with zero attached hydrogens (tertiary/aromatic N) is 2. The maximum Gasteiger partial charge on any atom is 0.261 e. The lowest BCUT2D eigenvalue weighted by Crippen LogP contribution is -2.35. The normalized spacial score (nSPS) is 13.5. The molecule has 2 rings (SSSR count). The Hall–Kier alpha value is -1.69. The summed E-state index contributed by atoms with van der Waals surface area (Å²) in [6.07, 6.45) is 2.13. The quantitative estimate of drug-likeness (QED) is 0.727. The highest BCUT2D eigenvalue weighted by molar-refractivity contribution is 9.10. The summed E-state index contributed by atoms with van der Waals surface area (Å²) in [4.78, 5) is 39.3. The first-order valence-corrected chi connectivity index (χ1v) is 8.14. The van der Waals surface area contributed by atoms with Crippen LogP contribution in [0.2, 0.25) is 0 Å². The van der Waals surface area contributed by atoms with Gasteiger partial charge >= 0.3 is 0 Å². The average molecular weight is 367 g/mol. The van der Waals surface area contributed by atoms with Crippen LogP contribution in [0.15, 0.2) is 22.7 Å². The van der Waals surface area contributed by atoms with Crippen LogP contribution < -0.4 is 0 Å². The molecule has 0 saturated heterocycles. The van der Waals surface area contributed by atoms with Crippen molar-refractivity contribution in [3.8, 4) is 0 Å². The number of imide groups is 1. The molecule has 0 aliphatic carbocycles. The zero-order valence-electron chi connectivity index (χ0n) is 12.8. The van der Waals surface area contributed by atoms with E-state index in [1.54, 1.807) is 30.1 Å². The molecule has 5 nitrogen and oxygen atoms in total. The number of halogens is 1. The van der Waals surface area contributed by atoms with Crippen molar-refractivity contribution < 1.29 is 14.4 Å². The minimum Gasteiger partial charge on any atom is -0.346 e. The first-order chi connectivity index (χ1) is 10.5. The van der Waals surface area contributed by atoms with Crippen molar-refractivity contribution in [2.45, 2.75) is 26.2 Å². The van der Waals surface area contributed by atoms with Crippen LogP contribution in [0.3, 0.4) is 0 Å². The molecule has 0 unspecified atom stereocenters. The lowest BCUT2D eigenvalue weighted by Gasteiger charge is -2.19. The Balaban J connectivity index is 1.99. The monoisotopic (exact) mass is 366 g/mol. The number of carbonyl (C=O) groups excluding carboxylic acids is 3. The third kappa shape index (κ3) is 3.38. The molecule has 0 aromatic heterocycles. The van der Waals surface area contributed by atoms with Crippen molar-refractivity contribution in [3.63, 3.8) is 0 Å². The molecule has 0 N–H and O–H groups in total. The van der Waals surface area contributed by atoms with Gasteiger partial charge in [0.05, 0.1) is 11.1 Å². The third-order valence-electron chi connectivity index (χ3n) is 3.75. The molecule has 0 radical (unpaired) electrons. The van der Waals surface area contributed by atoms with Gasteiger partial charge in [0.1, 0.15) is 0 Å². The van der Waals surface area contributed by atoms with E-state index < -0.39 is 0 Å². The summed E-state index contributed by atoms with van der Waals surface area (Å²) in [5.41, 5.74) is 0.797. The van der Waals surface area contributed by atoms with E-state index in [4.69, 9.17) is 0 Å². The van der Waals surface area contributed by atoms with Crippen LogP contribution in [-0.2, 0) is 4.79 Å². The average Bonchev–Trinajstić information content (AvgIpc) is 2.73. The van der Waals surface area contributed by atoms with Crippen LogP contribution in [0.25, 0.3) is 0 Å². The third-order valence-corrected chi connectivity index (χ3v) is 4.25. The van der Waals surface area contributed by atoms with Crippen LogP contribution >= 0.6 is 15.9 Å². The molecule has 3 amide bonds. The maximum atomic E-state index is 12.3. The minimum absolute atomic E-state index is 0.0498. The van der Waals surface area contributed by atoms with Crippen LogP contribution in [0, 0.1) is 0 Å². The Morgan fingerprint density at radius 2 is 1.91 bits per heavy atom. The number of hydrogen-bond donors (Lipinski definition) is 0. The highest BCUT2D eigenvalue weighted by Crippen LogP contribution is 2.26. The molecule has 1 aromatic rings. The van der Waals surface area contributed by atoms with Crippen LogP contribution in [0.1, 0.15) is 46.9 Å². The highest BCUT2D eigenvalue weighted by atomic mass is 79.9. The van der Waals surface area contributed by atoms with Gasteiger partial charge < -0.3 is 4.90 Å². The first kappa shape index (κ1) is 16.7. The topological polar surface area (TPSA) is 57.7 Å². The standard InChI is InChI=1S/C16H19BrN2O3/c1-3-4-8-18(2)14(20)7-9-19-15(21)12-6-5-11(17)10-13(12)16(19)22/h5-6,10H,3-4,7-9H2,1-2H3. The molecule has 1 aliphatic heterocycles. The molecule has 0 bridgehead atoms. The van der Waals surface area contributed by atoms with Gasteiger partial charge in [-0.05, 0) is 24.6 Å². The van der Waals surface area contributed by atoms with E-state index in [2.05, 4.69) is 22.9 Å². The maximum absolute atomic E-state index is 12.3. The largest absolute Gasteiger partial charge is 0.346 e. The number of fused-ring (bicyclic) bond motifs is 1. The summed E-state index contributed by atoms with van der Waals surface area (Å²) < 4.78 is 0.754. The number of unbranched alkanes of at least 4 members (excludes halogenated alkanes) is 1. The molecule has 6 heteroatoms. The smallest absolute Gasteiger partial charge is 0.261 e. The second-order valence-electron chi connectivity index (χ2n) is 5.37. The fraction of sp³-hybridized carbons (Fsp3) is 0.438. The molecule has 0 saturated carbocycles. The van der Waals surface area contributed by atoms with Gasteiger partial charge in [-0.1, -0.05) is 29.3 Å². The van der Waals surface area contributed by atoms with E-state index in [0.717, 1.165) is 22.2 Å². The van der Waals surface area contributed by atoms with Crippen molar-refractivity contribution in [2.75, 3.05) is 20.1 Å². The molecule has 0 spiro atoms. The summed E-state index contributed by atoms with van der Waals surface area (Å²) in [6.45, 7) is 2.89. The number of amides is 3. The van der Waals surface area contributed by atoms with E-state index in [1.807, 2.05) is 0 Å². The Bertz CT molecular complexity index is 615. The van der Waals surface area contributed by atoms with E-state index in [1.165, 1.54) is 0 Å². The SMILES string of the molecule is CCCCN(C)C(=O)CCN1C(=O)c2ccc(Br)cc2C1=O. The number of rotatable bonds is 6. The van der Waals surface area contributed by atoms with Gasteiger partial charge in [0.2, 0.25) is 5.91 Å². The first-order valence-electron chi connectivity index (χ1n) is 7.35. The lowest BCUT2D eigenvalue weighted by molar-refractivity contribution is -0.130. The molecule has 1 heterocycles. The van der Waals surface area contributed by atoms with Crippen molar-refractivity contribution in [1.29, 1.82) is 0 Å². The van der Waals surface area contributed by atoms with Gasteiger partial charge in [-0.15, -0.1) is 0 Å². The molecule has 1 aromatic carbocycles. The van der Waals surface area contributed by atoms with Crippen LogP contribution in [-0.4, -0.2) is 47.7 Å². The zero-order valence-corrected chi connectivity index (χ0v) is 14.4. The lowest BCUT2D eigenvalue weighted by atomic mass is 10.1. The van der Waals surface area contributed by atoms with Crippen molar-refractivity contribution >= 4 is 33.7 Å². The Kier molecular flexibility index (Phi) is 5.34. The second kappa shape index (κ2) is 7.05. The summed E-state index contributed by atoms with van der Waals surface area (Å²) >= 11 is 3.29.